The van der Waals surface area contributed by atoms with Gasteiger partial charge < -0.3 is 10.1 Å². The van der Waals surface area contributed by atoms with Gasteiger partial charge in [0.2, 0.25) is 0 Å². The molecule has 2 aromatic carbocycles. The molecule has 1 amide bonds. The van der Waals surface area contributed by atoms with Crippen LogP contribution in [0.25, 0.3) is 17.1 Å². The molecular weight excluding hydrogens is 392 g/mol. The van der Waals surface area contributed by atoms with E-state index in [1.54, 1.807) is 24.1 Å². The van der Waals surface area contributed by atoms with Crippen LogP contribution in [0.15, 0.2) is 60.9 Å². The molecule has 2 aromatic heterocycles. The Balaban J connectivity index is 1.40. The van der Waals surface area contributed by atoms with Crippen molar-refractivity contribution in [2.75, 3.05) is 7.11 Å². The lowest BCUT2D eigenvalue weighted by atomic mass is 10.2. The maximum atomic E-state index is 12.4. The number of benzene rings is 2. The van der Waals surface area contributed by atoms with Crippen molar-refractivity contribution >= 4 is 17.5 Å². The van der Waals surface area contributed by atoms with E-state index in [4.69, 9.17) is 16.3 Å². The summed E-state index contributed by atoms with van der Waals surface area (Å²) < 4.78 is 6.71. The van der Waals surface area contributed by atoms with Gasteiger partial charge in [-0.1, -0.05) is 23.7 Å². The number of H-pyrrole nitrogens is 1. The molecule has 146 valence electrons. The van der Waals surface area contributed by atoms with Gasteiger partial charge in [-0.05, 0) is 36.4 Å². The van der Waals surface area contributed by atoms with Crippen molar-refractivity contribution in [1.29, 1.82) is 0 Å². The Kier molecular flexibility index (Phi) is 5.26. The van der Waals surface area contributed by atoms with Crippen molar-refractivity contribution in [1.82, 2.24) is 30.3 Å². The molecule has 0 unspecified atom stereocenters. The van der Waals surface area contributed by atoms with E-state index in [0.717, 1.165) is 11.3 Å². The molecule has 0 spiro atoms. The van der Waals surface area contributed by atoms with Crippen LogP contribution in [0.4, 0.5) is 0 Å². The van der Waals surface area contributed by atoms with Gasteiger partial charge in [-0.25, -0.2) is 9.67 Å². The van der Waals surface area contributed by atoms with Gasteiger partial charge in [0.1, 0.15) is 11.6 Å². The van der Waals surface area contributed by atoms with Crippen molar-refractivity contribution in [3.8, 4) is 22.8 Å². The highest BCUT2D eigenvalue weighted by Gasteiger charge is 2.12. The lowest BCUT2D eigenvalue weighted by Crippen LogP contribution is -2.23. The molecule has 4 aromatic rings. The molecule has 0 aliphatic heterocycles. The SMILES string of the molecule is COc1ccc(-c2n[nH]c(CNC(=O)c3cnn(-c4ccccc4Cl)c3)n2)cc1. The van der Waals surface area contributed by atoms with Crippen LogP contribution in [0.1, 0.15) is 16.2 Å². The second-order valence-electron chi connectivity index (χ2n) is 6.14. The average molecular weight is 409 g/mol. The first kappa shape index (κ1) is 18.7. The van der Waals surface area contributed by atoms with Crippen molar-refractivity contribution in [2.45, 2.75) is 6.54 Å². The molecule has 0 aliphatic rings. The van der Waals surface area contributed by atoms with Gasteiger partial charge in [0, 0.05) is 11.8 Å². The van der Waals surface area contributed by atoms with E-state index in [2.05, 4.69) is 25.6 Å². The Morgan fingerprint density at radius 1 is 1.21 bits per heavy atom. The highest BCUT2D eigenvalue weighted by Crippen LogP contribution is 2.20. The molecule has 4 rings (SSSR count). The van der Waals surface area contributed by atoms with Crippen molar-refractivity contribution in [3.05, 3.63) is 77.3 Å². The molecule has 2 N–H and O–H groups in total. The van der Waals surface area contributed by atoms with Crippen LogP contribution in [0.3, 0.4) is 0 Å². The monoisotopic (exact) mass is 408 g/mol. The Labute approximate surface area is 171 Å². The summed E-state index contributed by atoms with van der Waals surface area (Å²) in [6.07, 6.45) is 3.11. The zero-order chi connectivity index (χ0) is 20.2. The van der Waals surface area contributed by atoms with E-state index in [1.165, 1.54) is 6.20 Å². The molecule has 0 aliphatic carbocycles. The summed E-state index contributed by atoms with van der Waals surface area (Å²) in [4.78, 5) is 16.8. The van der Waals surface area contributed by atoms with Gasteiger partial charge in [-0.2, -0.15) is 10.2 Å². The third-order valence-electron chi connectivity index (χ3n) is 4.24. The second-order valence-corrected chi connectivity index (χ2v) is 6.55. The number of nitrogens with one attached hydrogen (secondary N) is 2. The highest BCUT2D eigenvalue weighted by atomic mass is 35.5. The third-order valence-corrected chi connectivity index (χ3v) is 4.56. The van der Waals surface area contributed by atoms with E-state index in [9.17, 15) is 4.79 Å². The number of methoxy groups -OCH3 is 1. The van der Waals surface area contributed by atoms with E-state index >= 15 is 0 Å². The number of ether oxygens (including phenoxy) is 1. The van der Waals surface area contributed by atoms with Gasteiger partial charge in [0.05, 0.1) is 36.1 Å². The number of para-hydroxylation sites is 1. The minimum atomic E-state index is -0.272. The van der Waals surface area contributed by atoms with Gasteiger partial charge in [-0.3, -0.25) is 9.89 Å². The molecule has 0 saturated heterocycles. The third kappa shape index (κ3) is 4.12. The maximum absolute atomic E-state index is 12.4. The summed E-state index contributed by atoms with van der Waals surface area (Å²) in [5, 5.41) is 14.6. The number of halogens is 1. The molecule has 8 nitrogen and oxygen atoms in total. The molecule has 29 heavy (non-hydrogen) atoms. The number of amides is 1. The molecule has 0 atom stereocenters. The summed E-state index contributed by atoms with van der Waals surface area (Å²) in [5.74, 6) is 1.57. The zero-order valence-electron chi connectivity index (χ0n) is 15.5. The van der Waals surface area contributed by atoms with Crippen molar-refractivity contribution in [3.63, 3.8) is 0 Å². The van der Waals surface area contributed by atoms with E-state index in [1.807, 2.05) is 42.5 Å². The smallest absolute Gasteiger partial charge is 0.254 e. The van der Waals surface area contributed by atoms with E-state index < -0.39 is 0 Å². The number of hydrogen-bond acceptors (Lipinski definition) is 5. The van der Waals surface area contributed by atoms with Crippen LogP contribution in [0, 0.1) is 0 Å². The second kappa shape index (κ2) is 8.15. The molecule has 0 fully saturated rings. The van der Waals surface area contributed by atoms with Crippen LogP contribution in [-0.2, 0) is 6.54 Å². The van der Waals surface area contributed by atoms with Gasteiger partial charge in [0.15, 0.2) is 5.82 Å². The maximum Gasteiger partial charge on any atom is 0.254 e. The topological polar surface area (TPSA) is 97.7 Å². The minimum absolute atomic E-state index is 0.208. The van der Waals surface area contributed by atoms with Crippen molar-refractivity contribution < 1.29 is 9.53 Å². The fraction of sp³-hybridized carbons (Fsp3) is 0.100. The number of aromatic amines is 1. The Bertz CT molecular complexity index is 1140. The Hall–Kier alpha value is -3.65. The first-order chi connectivity index (χ1) is 14.1. The predicted octanol–water partition coefficient (Wildman–Crippen LogP) is 3.25. The number of carbonyl (C=O) groups excluding carboxylic acids is 1. The van der Waals surface area contributed by atoms with Crippen LogP contribution >= 0.6 is 11.6 Å². The summed E-state index contributed by atoms with van der Waals surface area (Å²) in [7, 11) is 1.61. The zero-order valence-corrected chi connectivity index (χ0v) is 16.2. The first-order valence-corrected chi connectivity index (χ1v) is 9.15. The molecule has 2 heterocycles. The molecule has 0 saturated carbocycles. The quantitative estimate of drug-likeness (QED) is 0.510. The molecule has 9 heteroatoms. The van der Waals surface area contributed by atoms with Crippen molar-refractivity contribution in [2.24, 2.45) is 0 Å². The standard InChI is InChI=1S/C20H17ClN6O2/c1-29-15-8-6-13(7-9-15)19-24-18(25-26-19)11-22-20(28)14-10-23-27(12-14)17-5-3-2-4-16(17)21/h2-10,12H,11H2,1H3,(H,22,28)(H,24,25,26). The normalized spacial score (nSPS) is 10.7. The van der Waals surface area contributed by atoms with Crippen LogP contribution in [0.2, 0.25) is 5.02 Å². The highest BCUT2D eigenvalue weighted by molar-refractivity contribution is 6.32. The summed E-state index contributed by atoms with van der Waals surface area (Å²) >= 11 is 6.17. The fourth-order valence-corrected chi connectivity index (χ4v) is 2.94. The summed E-state index contributed by atoms with van der Waals surface area (Å²) in [6.45, 7) is 0.208. The number of carbonyl (C=O) groups is 1. The summed E-state index contributed by atoms with van der Waals surface area (Å²) in [5.41, 5.74) is 1.97. The summed E-state index contributed by atoms with van der Waals surface area (Å²) in [6, 6.07) is 14.7. The predicted molar refractivity (Wildman–Crippen MR) is 108 cm³/mol. The van der Waals surface area contributed by atoms with Gasteiger partial charge >= 0.3 is 0 Å². The lowest BCUT2D eigenvalue weighted by molar-refractivity contribution is 0.0950. The van der Waals surface area contributed by atoms with Crippen LogP contribution in [-0.4, -0.2) is 38.0 Å². The van der Waals surface area contributed by atoms with Gasteiger partial charge in [0.25, 0.3) is 5.91 Å². The average Bonchev–Trinajstić information content (AvgIpc) is 3.42. The van der Waals surface area contributed by atoms with E-state index in [-0.39, 0.29) is 12.5 Å². The first-order valence-electron chi connectivity index (χ1n) is 8.77. The number of rotatable bonds is 6. The lowest BCUT2D eigenvalue weighted by Gasteiger charge is -2.03. The van der Waals surface area contributed by atoms with E-state index in [0.29, 0.717) is 27.9 Å². The number of hydrogen-bond donors (Lipinski definition) is 2. The number of aromatic nitrogens is 5. The Morgan fingerprint density at radius 3 is 2.76 bits per heavy atom. The molecule has 0 bridgehead atoms. The number of nitrogens with zero attached hydrogens (tertiary/aromatic N) is 4. The van der Waals surface area contributed by atoms with Crippen LogP contribution in [0.5, 0.6) is 5.75 Å². The van der Waals surface area contributed by atoms with Crippen LogP contribution < -0.4 is 10.1 Å². The minimum Gasteiger partial charge on any atom is -0.497 e. The fourth-order valence-electron chi connectivity index (χ4n) is 2.72. The molecule has 0 radical (unpaired) electrons. The van der Waals surface area contributed by atoms with Gasteiger partial charge in [-0.15, -0.1) is 0 Å². The largest absolute Gasteiger partial charge is 0.497 e. The Morgan fingerprint density at radius 2 is 2.00 bits per heavy atom. The molecular formula is C20H17ClN6O2.